The number of nitrogens with zero attached hydrogens (tertiary/aromatic N) is 4. The number of hydrogen-bond donors (Lipinski definition) is 4. The third-order valence-corrected chi connectivity index (χ3v) is 9.12. The Morgan fingerprint density at radius 2 is 0.830 bits per heavy atom. The summed E-state index contributed by atoms with van der Waals surface area (Å²) in [6, 6.07) is 26.9. The smallest absolute Gasteiger partial charge is 0.329 e. The molecule has 0 spiro atoms. The van der Waals surface area contributed by atoms with Crippen molar-refractivity contribution in [2.45, 2.75) is 25.4 Å². The molecule has 5 aromatic rings. The molecule has 4 N–H and O–H groups in total. The average Bonchev–Trinajstić information content (AvgIpc) is 3.49. The SMILES string of the molecule is O=P(O)(O)Cc1ccc(C[n+]2ccc(-c3ccc(-c4cc[n+](Cc5ccc(CP(=O)(O)O)cc5)cc4)c4c3=NCN=4)cc2)cc1.[Br-].[Br-]. The summed E-state index contributed by atoms with van der Waals surface area (Å²) in [5.74, 6) is 0. The van der Waals surface area contributed by atoms with E-state index in [0.29, 0.717) is 30.9 Å². The molecule has 6 rings (SSSR count). The van der Waals surface area contributed by atoms with Gasteiger partial charge in [-0.05, 0) is 22.3 Å². The predicted octanol–water partition coefficient (Wildman–Crippen LogP) is -2.73. The van der Waals surface area contributed by atoms with Gasteiger partial charge < -0.3 is 53.5 Å². The van der Waals surface area contributed by atoms with Crippen LogP contribution in [0.25, 0.3) is 22.3 Å². The third kappa shape index (κ3) is 9.69. The number of halogens is 2. The fourth-order valence-corrected chi connectivity index (χ4v) is 6.80. The van der Waals surface area contributed by atoms with E-state index in [-0.39, 0.29) is 46.3 Å². The molecule has 0 atom stereocenters. The molecule has 1 aliphatic heterocycles. The van der Waals surface area contributed by atoms with Crippen LogP contribution in [0.4, 0.5) is 0 Å². The Morgan fingerprint density at radius 3 is 1.15 bits per heavy atom. The molecule has 244 valence electrons. The van der Waals surface area contributed by atoms with Crippen LogP contribution >= 0.6 is 15.2 Å². The van der Waals surface area contributed by atoms with Gasteiger partial charge in [0.05, 0.1) is 23.0 Å². The quantitative estimate of drug-likeness (QED) is 0.0892. The van der Waals surface area contributed by atoms with Crippen LogP contribution in [0.1, 0.15) is 22.3 Å². The molecule has 1 aliphatic rings. The maximum atomic E-state index is 11.3. The van der Waals surface area contributed by atoms with Crippen LogP contribution in [0.5, 0.6) is 0 Å². The lowest BCUT2D eigenvalue weighted by atomic mass is 9.99. The second kappa shape index (κ2) is 15.4. The van der Waals surface area contributed by atoms with Crippen molar-refractivity contribution in [2.24, 2.45) is 9.98 Å². The maximum Gasteiger partial charge on any atom is 0.329 e. The van der Waals surface area contributed by atoms with Crippen LogP contribution in [0, 0.1) is 0 Å². The van der Waals surface area contributed by atoms with Crippen molar-refractivity contribution >= 4 is 15.2 Å². The van der Waals surface area contributed by atoms with Crippen molar-refractivity contribution in [1.82, 2.24) is 0 Å². The molecular weight excluding hydrogens is 770 g/mol. The van der Waals surface area contributed by atoms with Gasteiger partial charge in [-0.25, -0.2) is 9.13 Å². The van der Waals surface area contributed by atoms with Gasteiger partial charge in [0.25, 0.3) is 0 Å². The molecular formula is C33H32Br2N4O6P2. The van der Waals surface area contributed by atoms with Gasteiger partial charge in [0.2, 0.25) is 0 Å². The average molecular weight is 802 g/mol. The van der Waals surface area contributed by atoms with Crippen LogP contribution in [0.15, 0.2) is 120 Å². The predicted molar refractivity (Wildman–Crippen MR) is 167 cm³/mol. The first-order valence-electron chi connectivity index (χ1n) is 14.2. The Hall–Kier alpha value is -3.18. The minimum Gasteiger partial charge on any atom is -1.00 e. The van der Waals surface area contributed by atoms with Crippen molar-refractivity contribution in [2.75, 3.05) is 6.67 Å². The highest BCUT2D eigenvalue weighted by atomic mass is 79.9. The lowest BCUT2D eigenvalue weighted by Gasteiger charge is -2.07. The zero-order chi connectivity index (χ0) is 31.6. The third-order valence-electron chi connectivity index (χ3n) is 7.57. The Bertz CT molecular complexity index is 1920. The number of aromatic nitrogens is 2. The van der Waals surface area contributed by atoms with E-state index < -0.39 is 15.2 Å². The van der Waals surface area contributed by atoms with Gasteiger partial charge in [-0.15, -0.1) is 0 Å². The molecule has 0 saturated carbocycles. The molecule has 0 fully saturated rings. The normalized spacial score (nSPS) is 12.3. The first-order chi connectivity index (χ1) is 21.5. The largest absolute Gasteiger partial charge is 1.00 e. The topological polar surface area (TPSA) is 148 Å². The van der Waals surface area contributed by atoms with Crippen LogP contribution in [0.3, 0.4) is 0 Å². The van der Waals surface area contributed by atoms with E-state index in [4.69, 9.17) is 9.98 Å². The second-order valence-corrected chi connectivity index (χ2v) is 14.4. The summed E-state index contributed by atoms with van der Waals surface area (Å²) in [7, 11) is -8.18. The second-order valence-electron chi connectivity index (χ2n) is 11.1. The lowest BCUT2D eigenvalue weighted by Crippen LogP contribution is -3.00. The van der Waals surface area contributed by atoms with E-state index in [1.54, 1.807) is 24.3 Å². The summed E-state index contributed by atoms with van der Waals surface area (Å²) in [5.41, 5.74) is 7.37. The molecule has 14 heteroatoms. The van der Waals surface area contributed by atoms with Gasteiger partial charge in [0, 0.05) is 46.5 Å². The Morgan fingerprint density at radius 1 is 0.511 bits per heavy atom. The molecule has 0 aliphatic carbocycles. The van der Waals surface area contributed by atoms with E-state index in [1.807, 2.05) is 58.2 Å². The number of benzene rings is 3. The van der Waals surface area contributed by atoms with Gasteiger partial charge in [-0.3, -0.25) is 19.1 Å². The van der Waals surface area contributed by atoms with E-state index >= 15 is 0 Å². The highest BCUT2D eigenvalue weighted by Crippen LogP contribution is 2.39. The van der Waals surface area contributed by atoms with E-state index in [1.165, 1.54) is 0 Å². The maximum absolute atomic E-state index is 11.3. The monoisotopic (exact) mass is 800 g/mol. The number of hydrogen-bond acceptors (Lipinski definition) is 4. The van der Waals surface area contributed by atoms with Gasteiger partial charge in [0.15, 0.2) is 37.9 Å². The zero-order valence-electron chi connectivity index (χ0n) is 25.0. The first-order valence-corrected chi connectivity index (χ1v) is 17.8. The summed E-state index contributed by atoms with van der Waals surface area (Å²) in [6.45, 7) is 1.64. The summed E-state index contributed by atoms with van der Waals surface area (Å²) in [5, 5.41) is 1.75. The molecule has 2 aromatic heterocycles. The number of pyridine rings is 2. The number of rotatable bonds is 10. The Labute approximate surface area is 292 Å². The molecule has 3 aromatic carbocycles. The van der Waals surface area contributed by atoms with Crippen molar-refractivity contribution in [3.8, 4) is 22.3 Å². The highest BCUT2D eigenvalue weighted by molar-refractivity contribution is 7.51. The summed E-state index contributed by atoms with van der Waals surface area (Å²) in [4.78, 5) is 46.2. The van der Waals surface area contributed by atoms with E-state index in [0.717, 1.165) is 44.1 Å². The standard InChI is InChI=1S/C33H30N4O6P2.2BrH/c38-44(39,40)21-26-5-1-24(2-6-26)19-36-15-11-28(12-16-36)30-9-10-31(33-32(30)34-23-35-33)29-13-17-37(18-14-29)20-25-3-7-27(8-4-25)22-45(41,42)43;;/h1-18H,19-23H2,(H2-2,38,39,40,41,42,43);2*1H. The van der Waals surface area contributed by atoms with Crippen LogP contribution in [-0.4, -0.2) is 26.2 Å². The molecule has 3 heterocycles. The van der Waals surface area contributed by atoms with Crippen LogP contribution in [-0.2, 0) is 34.5 Å². The Kier molecular flexibility index (Phi) is 12.0. The lowest BCUT2D eigenvalue weighted by molar-refractivity contribution is -0.688. The van der Waals surface area contributed by atoms with Crippen LogP contribution in [0.2, 0.25) is 0 Å². The minimum absolute atomic E-state index is 0. The Balaban J connectivity index is 0.00000250. The zero-order valence-corrected chi connectivity index (χ0v) is 29.9. The molecule has 10 nitrogen and oxygen atoms in total. The number of fused-ring (bicyclic) bond motifs is 1. The van der Waals surface area contributed by atoms with E-state index in [2.05, 4.69) is 36.4 Å². The molecule has 0 radical (unpaired) electrons. The molecule has 0 bridgehead atoms. The summed E-state index contributed by atoms with van der Waals surface area (Å²) < 4.78 is 26.6. The molecule has 0 saturated heterocycles. The van der Waals surface area contributed by atoms with Crippen LogP contribution < -0.4 is 53.8 Å². The molecule has 0 amide bonds. The van der Waals surface area contributed by atoms with Crippen molar-refractivity contribution in [3.05, 3.63) is 143 Å². The molecule has 0 unspecified atom stereocenters. The van der Waals surface area contributed by atoms with Gasteiger partial charge >= 0.3 is 15.2 Å². The molecule has 47 heavy (non-hydrogen) atoms. The van der Waals surface area contributed by atoms with E-state index in [9.17, 15) is 28.7 Å². The van der Waals surface area contributed by atoms with Crippen molar-refractivity contribution in [3.63, 3.8) is 0 Å². The van der Waals surface area contributed by atoms with Crippen molar-refractivity contribution < 1.29 is 71.8 Å². The van der Waals surface area contributed by atoms with Gasteiger partial charge in [-0.2, -0.15) is 0 Å². The fourth-order valence-electron chi connectivity index (χ4n) is 5.42. The van der Waals surface area contributed by atoms with Gasteiger partial charge in [0.1, 0.15) is 6.67 Å². The highest BCUT2D eigenvalue weighted by Gasteiger charge is 2.17. The minimum atomic E-state index is -4.09. The summed E-state index contributed by atoms with van der Waals surface area (Å²) in [6.07, 6.45) is 7.50. The fraction of sp³-hybridized carbons (Fsp3) is 0.152. The van der Waals surface area contributed by atoms with Crippen molar-refractivity contribution in [1.29, 1.82) is 0 Å². The van der Waals surface area contributed by atoms with Gasteiger partial charge in [-0.1, -0.05) is 60.7 Å². The summed E-state index contributed by atoms with van der Waals surface area (Å²) >= 11 is 0. The first kappa shape index (κ1) is 36.7.